The summed E-state index contributed by atoms with van der Waals surface area (Å²) >= 11 is 0. The van der Waals surface area contributed by atoms with Gasteiger partial charge in [-0.1, -0.05) is 0 Å². The first kappa shape index (κ1) is 20.3. The number of hydrogen-bond acceptors (Lipinski definition) is 7. The highest BCUT2D eigenvalue weighted by Gasteiger charge is 2.25. The second-order valence-electron chi connectivity index (χ2n) is 7.51. The third kappa shape index (κ3) is 3.92. The highest BCUT2D eigenvalue weighted by Crippen LogP contribution is 2.37. The van der Waals surface area contributed by atoms with Crippen LogP contribution in [0, 0.1) is 0 Å². The first-order valence-electron chi connectivity index (χ1n) is 9.54. The Hall–Kier alpha value is -3.94. The second kappa shape index (κ2) is 7.71. The van der Waals surface area contributed by atoms with E-state index in [0.29, 0.717) is 28.4 Å². The van der Waals surface area contributed by atoms with Gasteiger partial charge in [-0.05, 0) is 44.2 Å². The Bertz CT molecular complexity index is 1220. The third-order valence-corrected chi connectivity index (χ3v) is 4.84. The normalized spacial score (nSPS) is 14.3. The van der Waals surface area contributed by atoms with Crippen molar-refractivity contribution in [3.8, 4) is 23.0 Å². The van der Waals surface area contributed by atoms with Crippen LogP contribution in [-0.2, 0) is 0 Å². The fraction of sp³-hybridized carbons (Fsp3) is 0.217. The van der Waals surface area contributed by atoms with Crippen LogP contribution >= 0.6 is 0 Å². The fourth-order valence-corrected chi connectivity index (χ4v) is 3.28. The molecule has 2 N–H and O–H groups in total. The molecule has 3 aromatic rings. The summed E-state index contributed by atoms with van der Waals surface area (Å²) in [6.45, 7) is 3.93. The van der Waals surface area contributed by atoms with Crippen molar-refractivity contribution in [3.63, 3.8) is 0 Å². The molecule has 160 valence electrons. The molecule has 0 unspecified atom stereocenters. The molecule has 4 rings (SSSR count). The Morgan fingerprint density at radius 3 is 2.74 bits per heavy atom. The van der Waals surface area contributed by atoms with E-state index in [2.05, 4.69) is 10.5 Å². The van der Waals surface area contributed by atoms with E-state index in [-0.39, 0.29) is 11.5 Å². The third-order valence-electron chi connectivity index (χ3n) is 4.84. The number of furan rings is 1. The number of nitrogens with one attached hydrogen (secondary N) is 1. The zero-order valence-electron chi connectivity index (χ0n) is 17.6. The number of benzene rings is 2. The molecule has 2 heterocycles. The molecular formula is C23H22N2O6. The molecule has 31 heavy (non-hydrogen) atoms. The van der Waals surface area contributed by atoms with E-state index in [1.807, 2.05) is 38.1 Å². The van der Waals surface area contributed by atoms with Gasteiger partial charge in [0.25, 0.3) is 0 Å². The maximum absolute atomic E-state index is 12.5. The van der Waals surface area contributed by atoms with Gasteiger partial charge >= 0.3 is 5.91 Å². The average Bonchev–Trinajstić information content (AvgIpc) is 3.18. The molecule has 0 bridgehead atoms. The molecule has 0 saturated heterocycles. The minimum absolute atomic E-state index is 0.0979. The number of carbonyl (C=O) groups excluding carboxylic acids is 1. The van der Waals surface area contributed by atoms with Gasteiger partial charge in [0.1, 0.15) is 34.2 Å². The maximum atomic E-state index is 12.5. The number of phenolic OH excluding ortho intramolecular Hbond substituents is 1. The average molecular weight is 422 g/mol. The molecule has 1 aliphatic heterocycles. The smallest absolute Gasteiger partial charge is 0.307 e. The summed E-state index contributed by atoms with van der Waals surface area (Å²) in [5, 5.41) is 14.8. The van der Waals surface area contributed by atoms with Crippen molar-refractivity contribution in [2.45, 2.75) is 19.4 Å². The zero-order valence-corrected chi connectivity index (χ0v) is 17.6. The number of hydrazone groups is 1. The first-order valence-corrected chi connectivity index (χ1v) is 9.54. The van der Waals surface area contributed by atoms with Gasteiger partial charge in [-0.2, -0.15) is 5.10 Å². The van der Waals surface area contributed by atoms with Gasteiger partial charge in [-0.3, -0.25) is 4.79 Å². The van der Waals surface area contributed by atoms with Crippen LogP contribution in [0.4, 0.5) is 0 Å². The number of methoxy groups -OCH3 is 2. The van der Waals surface area contributed by atoms with Crippen LogP contribution in [0.15, 0.2) is 45.9 Å². The van der Waals surface area contributed by atoms with E-state index in [9.17, 15) is 9.90 Å². The summed E-state index contributed by atoms with van der Waals surface area (Å²) < 4.78 is 22.1. The number of fused-ring (bicyclic) bond motifs is 3. The Labute approximate surface area is 178 Å². The topological polar surface area (TPSA) is 103 Å². The molecule has 8 heteroatoms. The molecule has 1 amide bonds. The Morgan fingerprint density at radius 2 is 2.00 bits per heavy atom. The maximum Gasteiger partial charge on any atom is 0.307 e. The quantitative estimate of drug-likeness (QED) is 0.474. The lowest BCUT2D eigenvalue weighted by Gasteiger charge is -2.27. The highest BCUT2D eigenvalue weighted by atomic mass is 16.5. The summed E-state index contributed by atoms with van der Waals surface area (Å²) in [5.74, 6) is 0.946. The highest BCUT2D eigenvalue weighted by molar-refractivity contribution is 5.99. The number of amides is 1. The van der Waals surface area contributed by atoms with E-state index < -0.39 is 11.5 Å². The van der Waals surface area contributed by atoms with Gasteiger partial charge in [0.2, 0.25) is 0 Å². The van der Waals surface area contributed by atoms with Gasteiger partial charge in [0, 0.05) is 17.5 Å². The monoisotopic (exact) mass is 422 g/mol. The molecule has 0 fully saturated rings. The number of carbonyl (C=O) groups is 1. The standard InChI is InChI=1S/C23H22N2O6/c1-23(2)8-7-15-18(31-23)6-5-13-9-20(30-21(13)15)22(27)25-24-12-16-17(26)10-14(28-3)11-19(16)29-4/h5-12,26H,1-4H3,(H,25,27)/b24-12+. The predicted molar refractivity (Wildman–Crippen MR) is 116 cm³/mol. The second-order valence-corrected chi connectivity index (χ2v) is 7.51. The number of hydrogen-bond donors (Lipinski definition) is 2. The number of nitrogens with zero attached hydrogens (tertiary/aromatic N) is 1. The number of rotatable bonds is 5. The Kier molecular flexibility index (Phi) is 5.06. The van der Waals surface area contributed by atoms with Crippen molar-refractivity contribution in [2.75, 3.05) is 14.2 Å². The lowest BCUT2D eigenvalue weighted by Crippen LogP contribution is -2.27. The van der Waals surface area contributed by atoms with Crippen molar-refractivity contribution in [1.82, 2.24) is 5.43 Å². The van der Waals surface area contributed by atoms with Crippen LogP contribution in [0.5, 0.6) is 23.0 Å². The van der Waals surface area contributed by atoms with Crippen molar-refractivity contribution >= 4 is 29.2 Å². The molecule has 1 aromatic heterocycles. The van der Waals surface area contributed by atoms with Gasteiger partial charge in [0.15, 0.2) is 5.76 Å². The molecule has 1 aliphatic rings. The van der Waals surface area contributed by atoms with Crippen LogP contribution in [0.2, 0.25) is 0 Å². The number of ether oxygens (including phenoxy) is 3. The Balaban J connectivity index is 1.56. The first-order chi connectivity index (χ1) is 14.8. The minimum Gasteiger partial charge on any atom is -0.507 e. The van der Waals surface area contributed by atoms with Gasteiger partial charge in [0.05, 0.1) is 31.6 Å². The fourth-order valence-electron chi connectivity index (χ4n) is 3.28. The van der Waals surface area contributed by atoms with Crippen LogP contribution in [0.1, 0.15) is 35.5 Å². The molecule has 0 spiro atoms. The van der Waals surface area contributed by atoms with Crippen LogP contribution in [0.25, 0.3) is 17.0 Å². The SMILES string of the molecule is COc1cc(O)c(/C=N/NC(=O)c2cc3ccc4c(c3o2)C=CC(C)(C)O4)c(OC)c1. The lowest BCUT2D eigenvalue weighted by atomic mass is 10.0. The zero-order chi connectivity index (χ0) is 22.2. The molecule has 0 saturated carbocycles. The van der Waals surface area contributed by atoms with E-state index in [1.54, 1.807) is 12.1 Å². The lowest BCUT2D eigenvalue weighted by molar-refractivity contribution is 0.0929. The van der Waals surface area contributed by atoms with Crippen molar-refractivity contribution in [1.29, 1.82) is 0 Å². The van der Waals surface area contributed by atoms with Gasteiger partial charge in [-0.15, -0.1) is 0 Å². The van der Waals surface area contributed by atoms with Crippen LogP contribution in [0.3, 0.4) is 0 Å². The predicted octanol–water partition coefficient (Wildman–Crippen LogP) is 4.10. The summed E-state index contributed by atoms with van der Waals surface area (Å²) in [7, 11) is 2.94. The number of aromatic hydroxyl groups is 1. The summed E-state index contributed by atoms with van der Waals surface area (Å²) in [6.07, 6.45) is 5.16. The van der Waals surface area contributed by atoms with E-state index in [1.165, 1.54) is 26.5 Å². The van der Waals surface area contributed by atoms with Gasteiger partial charge in [-0.25, -0.2) is 5.43 Å². The summed E-state index contributed by atoms with van der Waals surface area (Å²) in [6, 6.07) is 8.36. The van der Waals surface area contributed by atoms with Gasteiger partial charge < -0.3 is 23.7 Å². The van der Waals surface area contributed by atoms with Crippen molar-refractivity contribution in [2.24, 2.45) is 5.10 Å². The van der Waals surface area contributed by atoms with E-state index in [4.69, 9.17) is 18.6 Å². The van der Waals surface area contributed by atoms with Crippen LogP contribution < -0.4 is 19.6 Å². The Morgan fingerprint density at radius 1 is 1.19 bits per heavy atom. The summed E-state index contributed by atoms with van der Waals surface area (Å²) in [4.78, 5) is 12.5. The molecule has 8 nitrogen and oxygen atoms in total. The minimum atomic E-state index is -0.533. The molecule has 0 radical (unpaired) electrons. The molecular weight excluding hydrogens is 400 g/mol. The molecule has 0 aliphatic carbocycles. The molecule has 2 aromatic carbocycles. The van der Waals surface area contributed by atoms with E-state index in [0.717, 1.165) is 10.9 Å². The van der Waals surface area contributed by atoms with Crippen molar-refractivity contribution < 1.29 is 28.5 Å². The van der Waals surface area contributed by atoms with Crippen molar-refractivity contribution in [3.05, 3.63) is 53.3 Å². The van der Waals surface area contributed by atoms with Crippen LogP contribution in [-0.4, -0.2) is 37.0 Å². The van der Waals surface area contributed by atoms with E-state index >= 15 is 0 Å². The largest absolute Gasteiger partial charge is 0.507 e. The number of phenols is 1. The summed E-state index contributed by atoms with van der Waals surface area (Å²) in [5.41, 5.74) is 3.64. The molecule has 0 atom stereocenters.